The topological polar surface area (TPSA) is 37.3 Å². The molecule has 0 heterocycles. The third kappa shape index (κ3) is 2.49. The standard InChI is InChI=1S/C8H12O2/c1-4-5-7(6(2)3)8(9)10/h4,7H,1-2,5H2,3H3,(H,9,10). The van der Waals surface area contributed by atoms with Crippen LogP contribution in [0, 0.1) is 5.92 Å². The van der Waals surface area contributed by atoms with Crippen LogP contribution in [-0.2, 0) is 4.79 Å². The Bertz CT molecular complexity index is 145. The summed E-state index contributed by atoms with van der Waals surface area (Å²) in [5, 5.41) is 8.57. The molecule has 0 rings (SSSR count). The lowest BCUT2D eigenvalue weighted by molar-refractivity contribution is -0.140. The molecule has 0 saturated carbocycles. The molecule has 0 aromatic heterocycles. The second kappa shape index (κ2) is 3.88. The number of hydrogen-bond donors (Lipinski definition) is 1. The Balaban J connectivity index is 4.11. The molecule has 0 aliphatic heterocycles. The maximum atomic E-state index is 10.4. The smallest absolute Gasteiger partial charge is 0.310 e. The van der Waals surface area contributed by atoms with Gasteiger partial charge in [-0.05, 0) is 13.3 Å². The molecular weight excluding hydrogens is 128 g/mol. The largest absolute Gasteiger partial charge is 0.481 e. The molecule has 2 nitrogen and oxygen atoms in total. The minimum Gasteiger partial charge on any atom is -0.481 e. The fourth-order valence-corrected chi connectivity index (χ4v) is 0.679. The van der Waals surface area contributed by atoms with Crippen molar-refractivity contribution in [1.82, 2.24) is 0 Å². The van der Waals surface area contributed by atoms with E-state index in [2.05, 4.69) is 13.2 Å². The first-order chi connectivity index (χ1) is 4.59. The number of hydrogen-bond acceptors (Lipinski definition) is 1. The molecule has 56 valence electrons. The van der Waals surface area contributed by atoms with E-state index in [1.807, 2.05) is 0 Å². The molecule has 1 atom stereocenters. The van der Waals surface area contributed by atoms with Gasteiger partial charge in [0.2, 0.25) is 0 Å². The molecule has 0 aliphatic rings. The Hall–Kier alpha value is -1.05. The summed E-state index contributed by atoms with van der Waals surface area (Å²) in [6.07, 6.45) is 2.05. The summed E-state index contributed by atoms with van der Waals surface area (Å²) in [4.78, 5) is 10.4. The zero-order chi connectivity index (χ0) is 8.15. The lowest BCUT2D eigenvalue weighted by Gasteiger charge is -2.07. The quantitative estimate of drug-likeness (QED) is 0.605. The fraction of sp³-hybridized carbons (Fsp3) is 0.375. The lowest BCUT2D eigenvalue weighted by Crippen LogP contribution is -2.13. The van der Waals surface area contributed by atoms with Crippen molar-refractivity contribution in [2.75, 3.05) is 0 Å². The molecule has 0 saturated heterocycles. The highest BCUT2D eigenvalue weighted by Gasteiger charge is 2.15. The van der Waals surface area contributed by atoms with Gasteiger partial charge in [0.1, 0.15) is 0 Å². The van der Waals surface area contributed by atoms with Gasteiger partial charge in [-0.25, -0.2) is 0 Å². The van der Waals surface area contributed by atoms with Crippen LogP contribution in [0.1, 0.15) is 13.3 Å². The second-order valence-corrected chi connectivity index (χ2v) is 2.26. The van der Waals surface area contributed by atoms with Crippen LogP contribution in [0.5, 0.6) is 0 Å². The van der Waals surface area contributed by atoms with Crippen molar-refractivity contribution in [3.05, 3.63) is 24.8 Å². The van der Waals surface area contributed by atoms with E-state index in [1.165, 1.54) is 0 Å². The van der Waals surface area contributed by atoms with E-state index in [0.29, 0.717) is 12.0 Å². The number of rotatable bonds is 4. The molecule has 0 amide bonds. The van der Waals surface area contributed by atoms with E-state index in [9.17, 15) is 4.79 Å². The zero-order valence-corrected chi connectivity index (χ0v) is 6.13. The first kappa shape index (κ1) is 8.95. The summed E-state index contributed by atoms with van der Waals surface area (Å²) >= 11 is 0. The van der Waals surface area contributed by atoms with E-state index in [-0.39, 0.29) is 0 Å². The van der Waals surface area contributed by atoms with Gasteiger partial charge >= 0.3 is 5.97 Å². The van der Waals surface area contributed by atoms with Gasteiger partial charge in [0.25, 0.3) is 0 Å². The van der Waals surface area contributed by atoms with E-state index >= 15 is 0 Å². The molecular formula is C8H12O2. The van der Waals surface area contributed by atoms with Crippen molar-refractivity contribution < 1.29 is 9.90 Å². The van der Waals surface area contributed by atoms with Gasteiger partial charge in [0.05, 0.1) is 5.92 Å². The van der Waals surface area contributed by atoms with Crippen molar-refractivity contribution in [2.24, 2.45) is 5.92 Å². The van der Waals surface area contributed by atoms with Crippen LogP contribution in [0.25, 0.3) is 0 Å². The molecule has 1 N–H and O–H groups in total. The molecule has 0 spiro atoms. The molecule has 2 heteroatoms. The molecule has 1 unspecified atom stereocenters. The molecule has 0 radical (unpaired) electrons. The highest BCUT2D eigenvalue weighted by molar-refractivity contribution is 5.73. The number of allylic oxidation sites excluding steroid dienone is 1. The molecule has 0 aliphatic carbocycles. The zero-order valence-electron chi connectivity index (χ0n) is 6.13. The van der Waals surface area contributed by atoms with Crippen molar-refractivity contribution in [3.8, 4) is 0 Å². The van der Waals surface area contributed by atoms with Gasteiger partial charge in [0.15, 0.2) is 0 Å². The molecule has 10 heavy (non-hydrogen) atoms. The second-order valence-electron chi connectivity index (χ2n) is 2.26. The normalized spacial score (nSPS) is 12.1. The Morgan fingerprint density at radius 1 is 1.80 bits per heavy atom. The molecule has 0 aromatic rings. The molecule has 0 fully saturated rings. The van der Waals surface area contributed by atoms with Crippen LogP contribution in [0.15, 0.2) is 24.8 Å². The summed E-state index contributed by atoms with van der Waals surface area (Å²) in [7, 11) is 0. The van der Waals surface area contributed by atoms with E-state index in [1.54, 1.807) is 13.0 Å². The van der Waals surface area contributed by atoms with Crippen LogP contribution >= 0.6 is 0 Å². The highest BCUT2D eigenvalue weighted by Crippen LogP contribution is 2.12. The van der Waals surface area contributed by atoms with E-state index < -0.39 is 11.9 Å². The predicted octanol–water partition coefficient (Wildman–Crippen LogP) is 1.84. The first-order valence-electron chi connectivity index (χ1n) is 3.08. The van der Waals surface area contributed by atoms with E-state index in [4.69, 9.17) is 5.11 Å². The summed E-state index contributed by atoms with van der Waals surface area (Å²) in [6.45, 7) is 8.74. The van der Waals surface area contributed by atoms with Crippen LogP contribution in [-0.4, -0.2) is 11.1 Å². The van der Waals surface area contributed by atoms with Gasteiger partial charge < -0.3 is 5.11 Å². The maximum Gasteiger partial charge on any atom is 0.310 e. The number of carboxylic acid groups (broad SMARTS) is 1. The Labute approximate surface area is 60.9 Å². The summed E-state index contributed by atoms with van der Waals surface area (Å²) in [5.74, 6) is -1.29. The van der Waals surface area contributed by atoms with Gasteiger partial charge in [-0.2, -0.15) is 0 Å². The Morgan fingerprint density at radius 2 is 2.30 bits per heavy atom. The fourth-order valence-electron chi connectivity index (χ4n) is 0.679. The minimum atomic E-state index is -0.826. The summed E-state index contributed by atoms with van der Waals surface area (Å²) < 4.78 is 0. The SMILES string of the molecule is C=CCC(C(=C)C)C(=O)O. The van der Waals surface area contributed by atoms with Crippen molar-refractivity contribution in [2.45, 2.75) is 13.3 Å². The highest BCUT2D eigenvalue weighted by atomic mass is 16.4. The average molecular weight is 140 g/mol. The molecule has 0 aromatic carbocycles. The van der Waals surface area contributed by atoms with Crippen LogP contribution < -0.4 is 0 Å². The minimum absolute atomic E-state index is 0.461. The predicted molar refractivity (Wildman–Crippen MR) is 40.8 cm³/mol. The first-order valence-corrected chi connectivity index (χ1v) is 3.08. The van der Waals surface area contributed by atoms with Crippen LogP contribution in [0.3, 0.4) is 0 Å². The van der Waals surface area contributed by atoms with Gasteiger partial charge in [-0.15, -0.1) is 6.58 Å². The number of carbonyl (C=O) groups is 1. The Kier molecular flexibility index (Phi) is 3.47. The van der Waals surface area contributed by atoms with Gasteiger partial charge in [0, 0.05) is 0 Å². The summed E-state index contributed by atoms with van der Waals surface area (Å²) in [6, 6.07) is 0. The van der Waals surface area contributed by atoms with Crippen molar-refractivity contribution >= 4 is 5.97 Å². The third-order valence-electron chi connectivity index (χ3n) is 1.30. The van der Waals surface area contributed by atoms with Gasteiger partial charge in [-0.3, -0.25) is 4.79 Å². The Morgan fingerprint density at radius 3 is 2.40 bits per heavy atom. The molecule has 0 bridgehead atoms. The van der Waals surface area contributed by atoms with Crippen molar-refractivity contribution in [1.29, 1.82) is 0 Å². The average Bonchev–Trinajstić information content (AvgIpc) is 1.81. The monoisotopic (exact) mass is 140 g/mol. The lowest BCUT2D eigenvalue weighted by atomic mass is 9.99. The summed E-state index contributed by atoms with van der Waals surface area (Å²) in [5.41, 5.74) is 0.674. The van der Waals surface area contributed by atoms with Gasteiger partial charge in [-0.1, -0.05) is 18.2 Å². The third-order valence-corrected chi connectivity index (χ3v) is 1.30. The maximum absolute atomic E-state index is 10.4. The number of carboxylic acids is 1. The van der Waals surface area contributed by atoms with Crippen LogP contribution in [0.2, 0.25) is 0 Å². The number of aliphatic carboxylic acids is 1. The van der Waals surface area contributed by atoms with Crippen LogP contribution in [0.4, 0.5) is 0 Å². The van der Waals surface area contributed by atoms with Crippen molar-refractivity contribution in [3.63, 3.8) is 0 Å². The van der Waals surface area contributed by atoms with E-state index in [0.717, 1.165) is 0 Å².